The normalized spacial score (nSPS) is 14.5. The van der Waals surface area contributed by atoms with Crippen LogP contribution < -0.4 is 9.47 Å². The molecule has 0 amide bonds. The largest absolute Gasteiger partial charge is 0.494 e. The predicted octanol–water partition coefficient (Wildman–Crippen LogP) is 3.53. The monoisotopic (exact) mass is 341 g/mol. The molecular formula is C19H23N3O3. The molecule has 0 atom stereocenters. The molecule has 132 valence electrons. The minimum atomic E-state index is 0.397. The zero-order chi connectivity index (χ0) is 17.6. The van der Waals surface area contributed by atoms with Crippen LogP contribution in [0.15, 0.2) is 30.2 Å². The van der Waals surface area contributed by atoms with Crippen molar-refractivity contribution in [1.29, 1.82) is 0 Å². The number of hydrogen-bond donors (Lipinski definition) is 0. The van der Waals surface area contributed by atoms with Crippen LogP contribution in [0, 0.1) is 0 Å². The van der Waals surface area contributed by atoms with Crippen molar-refractivity contribution in [3.63, 3.8) is 0 Å². The molecule has 3 rings (SSSR count). The number of pyridine rings is 1. The van der Waals surface area contributed by atoms with E-state index in [9.17, 15) is 4.79 Å². The van der Waals surface area contributed by atoms with Crippen molar-refractivity contribution in [2.75, 3.05) is 13.7 Å². The lowest BCUT2D eigenvalue weighted by Gasteiger charge is -2.22. The number of aryl methyl sites for hydroxylation is 1. The molecule has 0 saturated carbocycles. The summed E-state index contributed by atoms with van der Waals surface area (Å²) in [6, 6.07) is 2.06. The van der Waals surface area contributed by atoms with Gasteiger partial charge >= 0.3 is 0 Å². The topological polar surface area (TPSA) is 66.2 Å². The molecule has 0 spiro atoms. The van der Waals surface area contributed by atoms with Crippen molar-refractivity contribution in [3.8, 4) is 11.5 Å². The van der Waals surface area contributed by atoms with Gasteiger partial charge in [0, 0.05) is 12.7 Å². The van der Waals surface area contributed by atoms with Crippen LogP contribution in [-0.4, -0.2) is 34.8 Å². The van der Waals surface area contributed by atoms with Gasteiger partial charge in [0.25, 0.3) is 0 Å². The van der Waals surface area contributed by atoms with Gasteiger partial charge < -0.3 is 9.47 Å². The average molecular weight is 341 g/mol. The third-order valence-electron chi connectivity index (χ3n) is 4.56. The first kappa shape index (κ1) is 17.2. The number of nitrogens with zero attached hydrogens (tertiary/aromatic N) is 3. The molecule has 0 fully saturated rings. The molecule has 2 aromatic heterocycles. The summed E-state index contributed by atoms with van der Waals surface area (Å²) in [5, 5.41) is 4.38. The number of methoxy groups -OCH3 is 1. The summed E-state index contributed by atoms with van der Waals surface area (Å²) < 4.78 is 13.2. The van der Waals surface area contributed by atoms with E-state index in [1.165, 1.54) is 36.6 Å². The van der Waals surface area contributed by atoms with E-state index < -0.39 is 0 Å². The number of rotatable bonds is 7. The molecule has 0 radical (unpaired) electrons. The molecule has 0 bridgehead atoms. The number of hydrogen-bond acceptors (Lipinski definition) is 5. The molecule has 1 aliphatic carbocycles. The fourth-order valence-corrected chi connectivity index (χ4v) is 3.27. The minimum absolute atomic E-state index is 0.397. The Labute approximate surface area is 147 Å². The van der Waals surface area contributed by atoms with Gasteiger partial charge in [-0.25, -0.2) is 0 Å². The number of ether oxygens (including phenoxy) is 2. The standard InChI is InChI=1S/C19H23N3O3/c1-3-22-17(8-9-21-22)15-7-5-4-6-14(15)13-25-19-11-20-10-18(24-2)16(19)12-23/h8-12H,3-7,13H2,1-2H3. The fourth-order valence-electron chi connectivity index (χ4n) is 3.27. The van der Waals surface area contributed by atoms with Crippen molar-refractivity contribution in [1.82, 2.24) is 14.8 Å². The van der Waals surface area contributed by atoms with Crippen LogP contribution >= 0.6 is 0 Å². The van der Waals surface area contributed by atoms with Gasteiger partial charge in [0.2, 0.25) is 0 Å². The fraction of sp³-hybridized carbons (Fsp3) is 0.421. The third kappa shape index (κ3) is 3.57. The Bertz CT molecular complexity index is 780. The summed E-state index contributed by atoms with van der Waals surface area (Å²) >= 11 is 0. The second kappa shape index (κ2) is 7.96. The van der Waals surface area contributed by atoms with E-state index in [-0.39, 0.29) is 0 Å². The number of aromatic nitrogens is 3. The maximum atomic E-state index is 11.4. The molecular weight excluding hydrogens is 318 g/mol. The first-order valence-electron chi connectivity index (χ1n) is 8.61. The highest BCUT2D eigenvalue weighted by Crippen LogP contribution is 2.33. The molecule has 25 heavy (non-hydrogen) atoms. The first-order chi connectivity index (χ1) is 12.3. The molecule has 6 heteroatoms. The second-order valence-electron chi connectivity index (χ2n) is 5.98. The van der Waals surface area contributed by atoms with Crippen LogP contribution in [0.4, 0.5) is 0 Å². The van der Waals surface area contributed by atoms with E-state index in [2.05, 4.69) is 23.1 Å². The van der Waals surface area contributed by atoms with Gasteiger partial charge in [0.05, 0.1) is 25.2 Å². The highest BCUT2D eigenvalue weighted by atomic mass is 16.5. The van der Waals surface area contributed by atoms with Gasteiger partial charge in [-0.1, -0.05) is 0 Å². The smallest absolute Gasteiger partial charge is 0.157 e. The van der Waals surface area contributed by atoms with E-state index in [1.807, 2.05) is 10.9 Å². The van der Waals surface area contributed by atoms with Crippen LogP contribution in [0.3, 0.4) is 0 Å². The van der Waals surface area contributed by atoms with Crippen molar-refractivity contribution >= 4 is 11.9 Å². The summed E-state index contributed by atoms with van der Waals surface area (Å²) in [6.07, 6.45) is 10.0. The summed E-state index contributed by atoms with van der Waals surface area (Å²) in [7, 11) is 1.52. The highest BCUT2D eigenvalue weighted by molar-refractivity contribution is 5.83. The maximum Gasteiger partial charge on any atom is 0.157 e. The molecule has 2 aromatic rings. The van der Waals surface area contributed by atoms with Crippen LogP contribution in [-0.2, 0) is 6.54 Å². The highest BCUT2D eigenvalue weighted by Gasteiger charge is 2.19. The molecule has 6 nitrogen and oxygen atoms in total. The lowest BCUT2D eigenvalue weighted by atomic mass is 9.90. The van der Waals surface area contributed by atoms with E-state index in [0.717, 1.165) is 32.1 Å². The van der Waals surface area contributed by atoms with Gasteiger partial charge in [0.1, 0.15) is 12.2 Å². The Balaban J connectivity index is 1.87. The minimum Gasteiger partial charge on any atom is -0.494 e. The van der Waals surface area contributed by atoms with E-state index >= 15 is 0 Å². The lowest BCUT2D eigenvalue weighted by Crippen LogP contribution is -2.12. The maximum absolute atomic E-state index is 11.4. The Hall–Kier alpha value is -2.63. The number of allylic oxidation sites excluding steroid dienone is 1. The van der Waals surface area contributed by atoms with Crippen molar-refractivity contribution in [3.05, 3.63) is 41.5 Å². The van der Waals surface area contributed by atoms with Crippen LogP contribution in [0.25, 0.3) is 5.57 Å². The summed E-state index contributed by atoms with van der Waals surface area (Å²) in [5.41, 5.74) is 4.14. The molecule has 0 aromatic carbocycles. The van der Waals surface area contributed by atoms with Gasteiger partial charge in [-0.2, -0.15) is 5.10 Å². The van der Waals surface area contributed by atoms with Gasteiger partial charge in [-0.3, -0.25) is 14.5 Å². The van der Waals surface area contributed by atoms with Gasteiger partial charge in [-0.15, -0.1) is 0 Å². The SMILES string of the molecule is CCn1nccc1C1=C(COc2cncc(OC)c2C=O)CCCC1. The van der Waals surface area contributed by atoms with Crippen molar-refractivity contribution < 1.29 is 14.3 Å². The second-order valence-corrected chi connectivity index (χ2v) is 5.98. The van der Waals surface area contributed by atoms with Crippen LogP contribution in [0.2, 0.25) is 0 Å². The Kier molecular flexibility index (Phi) is 5.48. The van der Waals surface area contributed by atoms with Crippen LogP contribution in [0.1, 0.15) is 48.7 Å². The van der Waals surface area contributed by atoms with Gasteiger partial charge in [0.15, 0.2) is 17.8 Å². The Morgan fingerprint density at radius 3 is 2.80 bits per heavy atom. The first-order valence-corrected chi connectivity index (χ1v) is 8.61. The summed E-state index contributed by atoms with van der Waals surface area (Å²) in [6.45, 7) is 3.38. The number of aldehydes is 1. The summed E-state index contributed by atoms with van der Waals surface area (Å²) in [5.74, 6) is 0.880. The van der Waals surface area contributed by atoms with Crippen molar-refractivity contribution in [2.45, 2.75) is 39.2 Å². The van der Waals surface area contributed by atoms with Crippen molar-refractivity contribution in [2.24, 2.45) is 0 Å². The number of carbonyl (C=O) groups excluding carboxylic acids is 1. The van der Waals surface area contributed by atoms with Crippen LogP contribution in [0.5, 0.6) is 11.5 Å². The lowest BCUT2D eigenvalue weighted by molar-refractivity contribution is 0.111. The molecule has 0 aliphatic heterocycles. The molecule has 0 N–H and O–H groups in total. The molecule has 0 saturated heterocycles. The van der Waals surface area contributed by atoms with E-state index in [4.69, 9.17) is 9.47 Å². The molecule has 2 heterocycles. The molecule has 1 aliphatic rings. The third-order valence-corrected chi connectivity index (χ3v) is 4.56. The average Bonchev–Trinajstić information content (AvgIpc) is 3.14. The number of carbonyl (C=O) groups is 1. The Morgan fingerprint density at radius 2 is 2.04 bits per heavy atom. The zero-order valence-corrected chi connectivity index (χ0v) is 14.7. The molecule has 0 unspecified atom stereocenters. The Morgan fingerprint density at radius 1 is 1.24 bits per heavy atom. The van der Waals surface area contributed by atoms with E-state index in [1.54, 1.807) is 6.20 Å². The quantitative estimate of drug-likeness (QED) is 0.721. The van der Waals surface area contributed by atoms with E-state index in [0.29, 0.717) is 23.7 Å². The summed E-state index contributed by atoms with van der Waals surface area (Å²) in [4.78, 5) is 15.5. The predicted molar refractivity (Wildman–Crippen MR) is 95.0 cm³/mol. The zero-order valence-electron chi connectivity index (χ0n) is 14.7. The van der Waals surface area contributed by atoms with Gasteiger partial charge in [-0.05, 0) is 49.8 Å².